The van der Waals surface area contributed by atoms with Gasteiger partial charge in [-0.2, -0.15) is 0 Å². The fraction of sp³-hybridized carbons (Fsp3) is 0.409. The van der Waals surface area contributed by atoms with Gasteiger partial charge in [0.2, 0.25) is 0 Å². The number of allylic oxidation sites excluding steroid dienone is 2. The third-order valence-corrected chi connectivity index (χ3v) is 10.4. The minimum Gasteiger partial charge on any atom is -0.497 e. The van der Waals surface area contributed by atoms with Crippen LogP contribution in [0.15, 0.2) is 106 Å². The second-order valence-electron chi connectivity index (χ2n) is 13.0. The highest BCUT2D eigenvalue weighted by molar-refractivity contribution is 9.10. The molecule has 0 radical (unpaired) electrons. The smallest absolute Gasteiger partial charge is 0.186 e. The van der Waals surface area contributed by atoms with Crippen LogP contribution in [0.1, 0.15) is 47.9 Å². The fourth-order valence-corrected chi connectivity index (χ4v) is 6.71. The van der Waals surface area contributed by atoms with E-state index in [1.165, 1.54) is 0 Å². The van der Waals surface area contributed by atoms with Crippen LogP contribution in [-0.4, -0.2) is 64.7 Å². The van der Waals surface area contributed by atoms with E-state index in [9.17, 15) is 0 Å². The number of hydrogen-bond donors (Lipinski definition) is 0. The van der Waals surface area contributed by atoms with E-state index in [2.05, 4.69) is 56.1 Å². The van der Waals surface area contributed by atoms with Gasteiger partial charge in [-0.15, -0.1) is 0 Å². The summed E-state index contributed by atoms with van der Waals surface area (Å²) in [6, 6.07) is 33.4. The maximum Gasteiger partial charge on any atom is 0.186 e. The molecule has 0 saturated carbocycles. The Morgan fingerprint density at radius 3 is 2.04 bits per heavy atom. The van der Waals surface area contributed by atoms with Gasteiger partial charge in [0, 0.05) is 28.8 Å². The standard InChI is InChI=1S/C44H49Br2ClO8/c1-48-25-9-5-3-4-6-10-26-51-44-43(53-29-34-17-23-38(49-2)24-18-34)42(54-30-35-11-7-8-12-39(35)46)41(52-28-33-15-21-37(47)22-16-33)40(55-44)31-50-27-32-13-19-36(45)20-14-32/h3-4,7-8,11-13,15-19,21-24,40-44H,5-6,9-10,25-31H2,1-2H3/b4-3-/t40?,41-,42+,43?,44-/m1/s1. The predicted molar refractivity (Wildman–Crippen MR) is 220 cm³/mol. The van der Waals surface area contributed by atoms with Gasteiger partial charge in [0.1, 0.15) is 30.2 Å². The van der Waals surface area contributed by atoms with Gasteiger partial charge in [-0.1, -0.05) is 94.3 Å². The summed E-state index contributed by atoms with van der Waals surface area (Å²) in [5.74, 6) is 0.769. The molecule has 1 heterocycles. The number of hydrogen-bond acceptors (Lipinski definition) is 8. The van der Waals surface area contributed by atoms with E-state index in [4.69, 9.17) is 49.5 Å². The van der Waals surface area contributed by atoms with Crippen molar-refractivity contribution in [2.75, 3.05) is 34.0 Å². The van der Waals surface area contributed by atoms with E-state index in [0.29, 0.717) is 31.5 Å². The normalized spacial score (nSPS) is 19.8. The highest BCUT2D eigenvalue weighted by atomic mass is 79.9. The van der Waals surface area contributed by atoms with E-state index in [-0.39, 0.29) is 13.2 Å². The van der Waals surface area contributed by atoms with Crippen LogP contribution < -0.4 is 4.74 Å². The van der Waals surface area contributed by atoms with Crippen LogP contribution in [0.2, 0.25) is 5.02 Å². The topological polar surface area (TPSA) is 73.8 Å². The van der Waals surface area contributed by atoms with Crippen molar-refractivity contribution in [3.63, 3.8) is 0 Å². The van der Waals surface area contributed by atoms with Crippen LogP contribution in [-0.2, 0) is 59.6 Å². The average molecular weight is 901 g/mol. The summed E-state index contributed by atoms with van der Waals surface area (Å²) in [6.07, 6.45) is 4.83. The first-order chi connectivity index (χ1) is 26.9. The number of unbranched alkanes of at least 4 members (excludes halogenated alkanes) is 2. The summed E-state index contributed by atoms with van der Waals surface area (Å²) in [7, 11) is 3.38. The number of rotatable bonds is 23. The molecule has 0 aliphatic carbocycles. The van der Waals surface area contributed by atoms with Gasteiger partial charge in [0.25, 0.3) is 0 Å². The van der Waals surface area contributed by atoms with Crippen LogP contribution in [0.5, 0.6) is 5.75 Å². The first-order valence-electron chi connectivity index (χ1n) is 18.5. The molecule has 0 amide bonds. The first-order valence-corrected chi connectivity index (χ1v) is 20.4. The van der Waals surface area contributed by atoms with E-state index in [1.807, 2.05) is 84.9 Å². The van der Waals surface area contributed by atoms with Gasteiger partial charge in [0.05, 0.1) is 51.2 Å². The zero-order chi connectivity index (χ0) is 38.7. The first kappa shape index (κ1) is 43.3. The molecule has 1 fully saturated rings. The highest BCUT2D eigenvalue weighted by Crippen LogP contribution is 2.33. The van der Waals surface area contributed by atoms with E-state index in [1.54, 1.807) is 14.2 Å². The molecule has 294 valence electrons. The van der Waals surface area contributed by atoms with Crippen LogP contribution in [0, 0.1) is 12.1 Å². The second-order valence-corrected chi connectivity index (χ2v) is 15.2. The van der Waals surface area contributed by atoms with Crippen molar-refractivity contribution in [3.05, 3.63) is 145 Å². The van der Waals surface area contributed by atoms with Gasteiger partial charge in [0.15, 0.2) is 6.29 Å². The molecule has 2 unspecified atom stereocenters. The Morgan fingerprint density at radius 1 is 0.691 bits per heavy atom. The molecule has 5 rings (SSSR count). The van der Waals surface area contributed by atoms with Crippen LogP contribution in [0.4, 0.5) is 0 Å². The lowest BCUT2D eigenvalue weighted by molar-refractivity contribution is -0.328. The molecule has 4 aromatic rings. The summed E-state index contributed by atoms with van der Waals surface area (Å²) in [5, 5.41) is 0.654. The maximum atomic E-state index is 6.86. The van der Waals surface area contributed by atoms with Gasteiger partial charge in [-0.05, 0) is 101 Å². The van der Waals surface area contributed by atoms with Crippen molar-refractivity contribution < 1.29 is 37.9 Å². The molecule has 4 aromatic carbocycles. The molecule has 55 heavy (non-hydrogen) atoms. The molecule has 5 atom stereocenters. The van der Waals surface area contributed by atoms with Crippen LogP contribution in [0.25, 0.3) is 0 Å². The largest absolute Gasteiger partial charge is 0.497 e. The molecule has 1 aliphatic rings. The Bertz CT molecular complexity index is 1690. The molecule has 8 nitrogen and oxygen atoms in total. The Balaban J connectivity index is 1.41. The summed E-state index contributed by atoms with van der Waals surface area (Å²) >= 11 is 13.3. The Morgan fingerprint density at radius 2 is 1.36 bits per heavy atom. The third kappa shape index (κ3) is 14.6. The van der Waals surface area contributed by atoms with Crippen LogP contribution in [0.3, 0.4) is 0 Å². The molecule has 0 bridgehead atoms. The van der Waals surface area contributed by atoms with Gasteiger partial charge in [-0.3, -0.25) is 0 Å². The number of methoxy groups -OCH3 is 2. The van der Waals surface area contributed by atoms with Crippen molar-refractivity contribution in [1.82, 2.24) is 0 Å². The molecule has 0 N–H and O–H groups in total. The molecule has 1 saturated heterocycles. The molecular weight excluding hydrogens is 852 g/mol. The number of ether oxygens (including phenoxy) is 8. The summed E-state index contributed by atoms with van der Waals surface area (Å²) < 4.78 is 52.3. The molecule has 1 aliphatic heterocycles. The SMILES string of the molecule is COCCC/C=C\CCCO[C@@H]1OC(COCc2c#cc(Br)cc2)[C@@H](OCc2ccc(Cl)cc2)[C@H](OCc2ccccc2Br)C1OCc1ccc(OC)cc1. The Labute approximate surface area is 347 Å². The lowest BCUT2D eigenvalue weighted by Gasteiger charge is -2.46. The zero-order valence-electron chi connectivity index (χ0n) is 31.3. The quantitative estimate of drug-likeness (QED) is 0.0539. The van der Waals surface area contributed by atoms with Crippen LogP contribution >= 0.6 is 43.5 Å². The summed E-state index contributed by atoms with van der Waals surface area (Å²) in [5.41, 5.74) is 3.78. The van der Waals surface area contributed by atoms with Gasteiger partial charge >= 0.3 is 0 Å². The van der Waals surface area contributed by atoms with Crippen molar-refractivity contribution in [1.29, 1.82) is 0 Å². The molecular formula is C44H49Br2ClO8. The summed E-state index contributed by atoms with van der Waals surface area (Å²) in [4.78, 5) is 0. The third-order valence-electron chi connectivity index (χ3n) is 8.93. The molecule has 11 heteroatoms. The van der Waals surface area contributed by atoms with Crippen molar-refractivity contribution in [2.45, 2.75) is 82.8 Å². The van der Waals surface area contributed by atoms with E-state index < -0.39 is 30.7 Å². The minimum atomic E-state index is -0.773. The van der Waals surface area contributed by atoms with Crippen molar-refractivity contribution in [2.24, 2.45) is 0 Å². The van der Waals surface area contributed by atoms with E-state index >= 15 is 0 Å². The molecule has 0 spiro atoms. The number of halogens is 3. The maximum absolute atomic E-state index is 6.86. The second kappa shape index (κ2) is 24.1. The minimum absolute atomic E-state index is 0.208. The van der Waals surface area contributed by atoms with Gasteiger partial charge in [-0.25, -0.2) is 0 Å². The fourth-order valence-electron chi connectivity index (χ4n) is 5.95. The van der Waals surface area contributed by atoms with Crippen molar-refractivity contribution >= 4 is 43.5 Å². The molecule has 0 aromatic heterocycles. The predicted octanol–water partition coefficient (Wildman–Crippen LogP) is 10.3. The summed E-state index contributed by atoms with van der Waals surface area (Å²) in [6.45, 7) is 2.61. The van der Waals surface area contributed by atoms with E-state index in [0.717, 1.165) is 69.2 Å². The highest BCUT2D eigenvalue weighted by Gasteiger charge is 2.49. The van der Waals surface area contributed by atoms with Crippen molar-refractivity contribution in [3.8, 4) is 5.75 Å². The lowest BCUT2D eigenvalue weighted by atomic mass is 9.97. The van der Waals surface area contributed by atoms with Gasteiger partial charge < -0.3 is 37.9 Å². The lowest BCUT2D eigenvalue weighted by Crippen LogP contribution is -2.61. The zero-order valence-corrected chi connectivity index (χ0v) is 35.2. The monoisotopic (exact) mass is 898 g/mol. The Kier molecular flexibility index (Phi) is 19.0. The average Bonchev–Trinajstić information content (AvgIpc) is 3.20. The Hall–Kier alpha value is -2.79. The number of benzene rings is 3.